The van der Waals surface area contributed by atoms with E-state index in [1.54, 1.807) is 18.2 Å². The first-order chi connectivity index (χ1) is 12.6. The fourth-order valence-electron chi connectivity index (χ4n) is 2.74. The Labute approximate surface area is 152 Å². The van der Waals surface area contributed by atoms with Crippen LogP contribution in [-0.4, -0.2) is 5.91 Å². The van der Waals surface area contributed by atoms with E-state index in [2.05, 4.69) is 29.7 Å². The highest BCUT2D eigenvalue weighted by molar-refractivity contribution is 5.92. The molecule has 0 aromatic heterocycles. The lowest BCUT2D eigenvalue weighted by molar-refractivity contribution is -0.115. The lowest BCUT2D eigenvalue weighted by Gasteiger charge is -2.16. The molecule has 132 valence electrons. The molecule has 1 unspecified atom stereocenters. The number of hydrogen-bond acceptors (Lipinski definition) is 2. The third kappa shape index (κ3) is 4.70. The quantitative estimate of drug-likeness (QED) is 0.644. The Bertz CT molecular complexity index is 863. The molecule has 3 rings (SSSR count). The second kappa shape index (κ2) is 8.30. The van der Waals surface area contributed by atoms with E-state index < -0.39 is 0 Å². The highest BCUT2D eigenvalue weighted by Gasteiger charge is 2.08. The number of nitrogens with one attached hydrogen (secondary N) is 2. The van der Waals surface area contributed by atoms with Crippen LogP contribution in [0.2, 0.25) is 0 Å². The molecule has 0 saturated heterocycles. The Balaban J connectivity index is 1.57. The smallest absolute Gasteiger partial charge is 0.228 e. The van der Waals surface area contributed by atoms with Crippen molar-refractivity contribution >= 4 is 17.3 Å². The molecule has 0 bridgehead atoms. The minimum atomic E-state index is -0.364. The number of amides is 1. The maximum Gasteiger partial charge on any atom is 0.228 e. The summed E-state index contributed by atoms with van der Waals surface area (Å²) in [7, 11) is 0. The number of carbonyl (C=O) groups is 1. The van der Waals surface area contributed by atoms with Crippen LogP contribution in [0.4, 0.5) is 15.8 Å². The summed E-state index contributed by atoms with van der Waals surface area (Å²) in [6.45, 7) is 2.10. The van der Waals surface area contributed by atoms with Crippen LogP contribution in [-0.2, 0) is 11.2 Å². The largest absolute Gasteiger partial charge is 0.379 e. The van der Waals surface area contributed by atoms with Crippen LogP contribution >= 0.6 is 0 Å². The topological polar surface area (TPSA) is 41.1 Å². The van der Waals surface area contributed by atoms with Crippen molar-refractivity contribution in [2.24, 2.45) is 0 Å². The molecule has 26 heavy (non-hydrogen) atoms. The van der Waals surface area contributed by atoms with Crippen LogP contribution in [0.1, 0.15) is 24.1 Å². The van der Waals surface area contributed by atoms with Crippen LogP contribution in [0.25, 0.3) is 0 Å². The monoisotopic (exact) mass is 348 g/mol. The predicted octanol–water partition coefficient (Wildman–Crippen LogP) is 5.18. The van der Waals surface area contributed by atoms with Crippen LogP contribution < -0.4 is 10.6 Å². The zero-order valence-corrected chi connectivity index (χ0v) is 14.6. The molecule has 4 heteroatoms. The van der Waals surface area contributed by atoms with Gasteiger partial charge in [0, 0.05) is 17.4 Å². The van der Waals surface area contributed by atoms with Crippen molar-refractivity contribution in [2.45, 2.75) is 19.4 Å². The van der Waals surface area contributed by atoms with Gasteiger partial charge in [-0.25, -0.2) is 4.39 Å². The molecule has 1 atom stereocenters. The van der Waals surface area contributed by atoms with Gasteiger partial charge in [0.25, 0.3) is 0 Å². The molecule has 1 amide bonds. The summed E-state index contributed by atoms with van der Waals surface area (Å²) in [5.74, 6) is -0.606. The summed E-state index contributed by atoms with van der Waals surface area (Å²) in [4.78, 5) is 12.1. The second-order valence-corrected chi connectivity index (χ2v) is 6.17. The highest BCUT2D eigenvalue weighted by Crippen LogP contribution is 2.21. The third-order valence-electron chi connectivity index (χ3n) is 4.16. The number of benzene rings is 3. The van der Waals surface area contributed by atoms with Crippen LogP contribution in [0.15, 0.2) is 78.9 Å². The molecule has 0 aliphatic carbocycles. The number of carbonyl (C=O) groups excluding carboxylic acids is 1. The van der Waals surface area contributed by atoms with Crippen molar-refractivity contribution in [2.75, 3.05) is 10.6 Å². The average molecular weight is 348 g/mol. The molecule has 0 radical (unpaired) electrons. The molecule has 3 aromatic carbocycles. The molecule has 0 saturated carbocycles. The van der Waals surface area contributed by atoms with Crippen molar-refractivity contribution in [1.29, 1.82) is 0 Å². The standard InChI is InChI=1S/C22H21FN2O/c1-16(17-7-3-2-4-8-17)24-19-11-13-20(14-12-19)25-22(26)15-18-9-5-6-10-21(18)23/h2-14,16,24H,15H2,1H3,(H,25,26). The van der Waals surface area contributed by atoms with Crippen molar-refractivity contribution in [3.05, 3.63) is 95.8 Å². The van der Waals surface area contributed by atoms with Gasteiger partial charge in [-0.1, -0.05) is 48.5 Å². The molecule has 3 nitrogen and oxygen atoms in total. The summed E-state index contributed by atoms with van der Waals surface area (Å²) in [6, 6.07) is 24.2. The molecule has 0 spiro atoms. The van der Waals surface area contributed by atoms with Gasteiger partial charge in [-0.3, -0.25) is 4.79 Å². The number of rotatable bonds is 6. The first-order valence-corrected chi connectivity index (χ1v) is 8.56. The summed E-state index contributed by atoms with van der Waals surface area (Å²) < 4.78 is 13.6. The van der Waals surface area contributed by atoms with Crippen molar-refractivity contribution in [1.82, 2.24) is 0 Å². The summed E-state index contributed by atoms with van der Waals surface area (Å²) in [6.07, 6.45) is 0.0116. The first-order valence-electron chi connectivity index (χ1n) is 8.56. The Hall–Kier alpha value is -3.14. The minimum Gasteiger partial charge on any atom is -0.379 e. The van der Waals surface area contributed by atoms with Gasteiger partial charge in [0.2, 0.25) is 5.91 Å². The zero-order chi connectivity index (χ0) is 18.4. The normalized spacial score (nSPS) is 11.6. The van der Waals surface area contributed by atoms with E-state index in [1.807, 2.05) is 42.5 Å². The van der Waals surface area contributed by atoms with Gasteiger partial charge in [-0.2, -0.15) is 0 Å². The van der Waals surface area contributed by atoms with Crippen molar-refractivity contribution in [3.63, 3.8) is 0 Å². The zero-order valence-electron chi connectivity index (χ0n) is 14.6. The molecule has 3 aromatic rings. The summed E-state index contributed by atoms with van der Waals surface area (Å²) >= 11 is 0. The van der Waals surface area contributed by atoms with Gasteiger partial charge in [-0.15, -0.1) is 0 Å². The summed E-state index contributed by atoms with van der Waals surface area (Å²) in [5.41, 5.74) is 3.24. The minimum absolute atomic E-state index is 0.0116. The number of halogens is 1. The molecular weight excluding hydrogens is 327 g/mol. The molecule has 0 aliphatic rings. The third-order valence-corrected chi connectivity index (χ3v) is 4.16. The first kappa shape index (κ1) is 17.7. The van der Waals surface area contributed by atoms with Crippen molar-refractivity contribution < 1.29 is 9.18 Å². The Morgan fingerprint density at radius 1 is 0.885 bits per heavy atom. The van der Waals surface area contributed by atoms with Gasteiger partial charge in [0.1, 0.15) is 5.82 Å². The van der Waals surface area contributed by atoms with E-state index in [9.17, 15) is 9.18 Å². The van der Waals surface area contributed by atoms with Gasteiger partial charge in [-0.05, 0) is 48.4 Å². The molecule has 0 heterocycles. The fourth-order valence-corrected chi connectivity index (χ4v) is 2.74. The summed E-state index contributed by atoms with van der Waals surface area (Å²) in [5, 5.41) is 6.22. The van der Waals surface area contributed by atoms with Crippen LogP contribution in [0.3, 0.4) is 0 Å². The fraction of sp³-hybridized carbons (Fsp3) is 0.136. The number of hydrogen-bond donors (Lipinski definition) is 2. The van der Waals surface area contributed by atoms with Gasteiger partial charge in [0.15, 0.2) is 0 Å². The molecule has 2 N–H and O–H groups in total. The van der Waals surface area contributed by atoms with Gasteiger partial charge in [0.05, 0.1) is 6.42 Å². The van der Waals surface area contributed by atoms with E-state index >= 15 is 0 Å². The lowest BCUT2D eigenvalue weighted by Crippen LogP contribution is -2.15. The predicted molar refractivity (Wildman–Crippen MR) is 104 cm³/mol. The molecule has 0 fully saturated rings. The molecular formula is C22H21FN2O. The van der Waals surface area contributed by atoms with Gasteiger partial charge < -0.3 is 10.6 Å². The lowest BCUT2D eigenvalue weighted by atomic mass is 10.1. The van der Waals surface area contributed by atoms with E-state index in [0.717, 1.165) is 5.69 Å². The van der Waals surface area contributed by atoms with Crippen LogP contribution in [0.5, 0.6) is 0 Å². The van der Waals surface area contributed by atoms with Crippen LogP contribution in [0, 0.1) is 5.82 Å². The maximum absolute atomic E-state index is 13.6. The highest BCUT2D eigenvalue weighted by atomic mass is 19.1. The SMILES string of the molecule is CC(Nc1ccc(NC(=O)Cc2ccccc2F)cc1)c1ccccc1. The second-order valence-electron chi connectivity index (χ2n) is 6.17. The van der Waals surface area contributed by atoms with Gasteiger partial charge >= 0.3 is 0 Å². The Morgan fingerprint density at radius 2 is 1.50 bits per heavy atom. The van der Waals surface area contributed by atoms with Crippen molar-refractivity contribution in [3.8, 4) is 0 Å². The van der Waals surface area contributed by atoms with E-state index in [-0.39, 0.29) is 24.2 Å². The number of anilines is 2. The maximum atomic E-state index is 13.6. The van der Waals surface area contributed by atoms with E-state index in [4.69, 9.17) is 0 Å². The van der Waals surface area contributed by atoms with E-state index in [1.165, 1.54) is 11.6 Å². The Kier molecular flexibility index (Phi) is 5.64. The average Bonchev–Trinajstić information content (AvgIpc) is 2.66. The Morgan fingerprint density at radius 3 is 2.19 bits per heavy atom. The molecule has 0 aliphatic heterocycles. The van der Waals surface area contributed by atoms with E-state index in [0.29, 0.717) is 11.3 Å².